The molecule has 2 N–H and O–H groups in total. The molecule has 0 aliphatic heterocycles. The SMILES string of the molecule is Cc1cc(C)cc(OC2CCC(NC3CC3)(C(=O)O)C2)c1. The van der Waals surface area contributed by atoms with E-state index in [2.05, 4.69) is 11.4 Å². The fourth-order valence-electron chi connectivity index (χ4n) is 3.30. The number of carboxylic acid groups (broad SMARTS) is 1. The first kappa shape index (κ1) is 14.4. The Bertz CT molecular complexity index is 533. The van der Waals surface area contributed by atoms with Crippen LogP contribution in [-0.2, 0) is 4.79 Å². The molecule has 2 unspecified atom stereocenters. The molecular weight excluding hydrogens is 266 g/mol. The van der Waals surface area contributed by atoms with E-state index in [1.54, 1.807) is 0 Å². The molecule has 21 heavy (non-hydrogen) atoms. The molecule has 0 bridgehead atoms. The standard InChI is InChI=1S/C17H23NO3/c1-11-7-12(2)9-15(8-11)21-14-5-6-17(10-14,16(19)20)18-13-3-4-13/h7-9,13-14,18H,3-6,10H2,1-2H3,(H,19,20). The quantitative estimate of drug-likeness (QED) is 0.875. The summed E-state index contributed by atoms with van der Waals surface area (Å²) < 4.78 is 6.04. The third-order valence-electron chi connectivity index (χ3n) is 4.43. The average molecular weight is 289 g/mol. The molecule has 2 aliphatic rings. The highest BCUT2D eigenvalue weighted by molar-refractivity contribution is 5.79. The Labute approximate surface area is 125 Å². The summed E-state index contributed by atoms with van der Waals surface area (Å²) in [6.45, 7) is 4.09. The average Bonchev–Trinajstić information content (AvgIpc) is 3.08. The van der Waals surface area contributed by atoms with E-state index in [-0.39, 0.29) is 6.10 Å². The zero-order valence-corrected chi connectivity index (χ0v) is 12.7. The second kappa shape index (κ2) is 5.34. The molecule has 3 rings (SSSR count). The largest absolute Gasteiger partial charge is 0.490 e. The second-order valence-corrected chi connectivity index (χ2v) is 6.61. The summed E-state index contributed by atoms with van der Waals surface area (Å²) in [7, 11) is 0. The monoisotopic (exact) mass is 289 g/mol. The number of aryl methyl sites for hydroxylation is 2. The van der Waals surface area contributed by atoms with Crippen molar-refractivity contribution >= 4 is 5.97 Å². The molecule has 1 aromatic carbocycles. The molecule has 4 nitrogen and oxygen atoms in total. The number of hydrogen-bond donors (Lipinski definition) is 2. The van der Waals surface area contributed by atoms with E-state index in [1.165, 1.54) is 11.1 Å². The van der Waals surface area contributed by atoms with Crippen LogP contribution in [0.4, 0.5) is 0 Å². The maximum Gasteiger partial charge on any atom is 0.324 e. The van der Waals surface area contributed by atoms with Gasteiger partial charge >= 0.3 is 5.97 Å². The van der Waals surface area contributed by atoms with Crippen LogP contribution < -0.4 is 10.1 Å². The van der Waals surface area contributed by atoms with E-state index in [4.69, 9.17) is 4.74 Å². The van der Waals surface area contributed by atoms with Crippen LogP contribution in [0.1, 0.15) is 43.2 Å². The number of benzene rings is 1. The first-order valence-electron chi connectivity index (χ1n) is 7.73. The van der Waals surface area contributed by atoms with E-state index in [0.717, 1.165) is 25.0 Å². The molecule has 114 valence electrons. The smallest absolute Gasteiger partial charge is 0.324 e. The number of nitrogens with one attached hydrogen (secondary N) is 1. The highest BCUT2D eigenvalue weighted by Gasteiger charge is 2.48. The fraction of sp³-hybridized carbons (Fsp3) is 0.588. The summed E-state index contributed by atoms with van der Waals surface area (Å²) >= 11 is 0. The first-order valence-corrected chi connectivity index (χ1v) is 7.73. The van der Waals surface area contributed by atoms with Crippen LogP contribution in [0, 0.1) is 13.8 Å². The van der Waals surface area contributed by atoms with Gasteiger partial charge < -0.3 is 9.84 Å². The van der Waals surface area contributed by atoms with E-state index in [1.807, 2.05) is 26.0 Å². The van der Waals surface area contributed by atoms with Gasteiger partial charge in [-0.2, -0.15) is 0 Å². The minimum atomic E-state index is -0.787. The normalized spacial score (nSPS) is 28.6. The van der Waals surface area contributed by atoms with Crippen LogP contribution in [0.25, 0.3) is 0 Å². The summed E-state index contributed by atoms with van der Waals surface area (Å²) in [5.41, 5.74) is 1.55. The molecule has 1 aromatic rings. The lowest BCUT2D eigenvalue weighted by Crippen LogP contribution is -2.51. The van der Waals surface area contributed by atoms with Crippen LogP contribution in [-0.4, -0.2) is 28.8 Å². The van der Waals surface area contributed by atoms with Gasteiger partial charge in [-0.25, -0.2) is 0 Å². The van der Waals surface area contributed by atoms with Crippen molar-refractivity contribution in [3.63, 3.8) is 0 Å². The summed E-state index contributed by atoms with van der Waals surface area (Å²) in [6, 6.07) is 6.53. The van der Waals surface area contributed by atoms with E-state index in [9.17, 15) is 9.90 Å². The Morgan fingerprint density at radius 2 is 1.90 bits per heavy atom. The van der Waals surface area contributed by atoms with E-state index in [0.29, 0.717) is 18.9 Å². The summed E-state index contributed by atoms with van der Waals surface area (Å²) in [5.74, 6) is 0.117. The lowest BCUT2D eigenvalue weighted by Gasteiger charge is -2.26. The maximum absolute atomic E-state index is 11.7. The van der Waals surface area contributed by atoms with Crippen molar-refractivity contribution in [2.75, 3.05) is 0 Å². The van der Waals surface area contributed by atoms with E-state index < -0.39 is 11.5 Å². The van der Waals surface area contributed by atoms with Crippen molar-refractivity contribution in [2.24, 2.45) is 0 Å². The van der Waals surface area contributed by atoms with Gasteiger partial charge in [0, 0.05) is 12.5 Å². The van der Waals surface area contributed by atoms with Gasteiger partial charge in [0.1, 0.15) is 17.4 Å². The topological polar surface area (TPSA) is 58.6 Å². The van der Waals surface area contributed by atoms with Crippen LogP contribution in [0.15, 0.2) is 18.2 Å². The van der Waals surface area contributed by atoms with Crippen molar-refractivity contribution < 1.29 is 14.6 Å². The molecule has 0 amide bonds. The lowest BCUT2D eigenvalue weighted by molar-refractivity contribution is -0.145. The van der Waals surface area contributed by atoms with Gasteiger partial charge in [0.2, 0.25) is 0 Å². The number of hydrogen-bond acceptors (Lipinski definition) is 3. The Morgan fingerprint density at radius 1 is 1.24 bits per heavy atom. The first-order chi connectivity index (χ1) is 9.97. The molecular formula is C17H23NO3. The highest BCUT2D eigenvalue weighted by atomic mass is 16.5. The second-order valence-electron chi connectivity index (χ2n) is 6.61. The van der Waals surface area contributed by atoms with Crippen molar-refractivity contribution in [1.29, 1.82) is 0 Å². The molecule has 0 radical (unpaired) electrons. The van der Waals surface area contributed by atoms with E-state index >= 15 is 0 Å². The summed E-state index contributed by atoms with van der Waals surface area (Å²) in [6.07, 6.45) is 4.16. The maximum atomic E-state index is 11.7. The molecule has 2 saturated carbocycles. The zero-order valence-electron chi connectivity index (χ0n) is 12.7. The predicted octanol–water partition coefficient (Wildman–Crippen LogP) is 2.81. The van der Waals surface area contributed by atoms with Gasteiger partial charge in [-0.3, -0.25) is 10.1 Å². The molecule has 2 atom stereocenters. The van der Waals surface area contributed by atoms with Crippen molar-refractivity contribution in [1.82, 2.24) is 5.32 Å². The van der Waals surface area contributed by atoms with Gasteiger partial charge in [0.05, 0.1) is 0 Å². The number of carboxylic acids is 1. The Balaban J connectivity index is 1.69. The lowest BCUT2D eigenvalue weighted by atomic mass is 9.97. The zero-order chi connectivity index (χ0) is 15.0. The third kappa shape index (κ3) is 3.21. The number of carbonyl (C=O) groups is 1. The Kier molecular flexibility index (Phi) is 3.66. The van der Waals surface area contributed by atoms with Crippen LogP contribution >= 0.6 is 0 Å². The molecule has 2 fully saturated rings. The van der Waals surface area contributed by atoms with Crippen LogP contribution in [0.3, 0.4) is 0 Å². The number of rotatable bonds is 5. The number of aliphatic carboxylic acids is 1. The third-order valence-corrected chi connectivity index (χ3v) is 4.43. The molecule has 0 aromatic heterocycles. The minimum Gasteiger partial charge on any atom is -0.490 e. The van der Waals surface area contributed by atoms with Crippen LogP contribution in [0.2, 0.25) is 0 Å². The number of ether oxygens (including phenoxy) is 1. The van der Waals surface area contributed by atoms with Gasteiger partial charge in [-0.15, -0.1) is 0 Å². The molecule has 4 heteroatoms. The minimum absolute atomic E-state index is 0.0199. The molecule has 0 spiro atoms. The van der Waals surface area contributed by atoms with Crippen molar-refractivity contribution in [3.05, 3.63) is 29.3 Å². The van der Waals surface area contributed by atoms with Crippen molar-refractivity contribution in [2.45, 2.75) is 63.6 Å². The Hall–Kier alpha value is -1.55. The molecule has 0 saturated heterocycles. The van der Waals surface area contributed by atoms with Crippen molar-refractivity contribution in [3.8, 4) is 5.75 Å². The predicted molar refractivity (Wildman–Crippen MR) is 80.7 cm³/mol. The molecule has 0 heterocycles. The van der Waals surface area contributed by atoms with Gasteiger partial charge in [-0.1, -0.05) is 6.07 Å². The summed E-state index contributed by atoms with van der Waals surface area (Å²) in [4.78, 5) is 11.7. The van der Waals surface area contributed by atoms with Gasteiger partial charge in [-0.05, 0) is 62.8 Å². The Morgan fingerprint density at radius 3 is 2.48 bits per heavy atom. The summed E-state index contributed by atoms with van der Waals surface area (Å²) in [5, 5.41) is 12.9. The van der Waals surface area contributed by atoms with Gasteiger partial charge in [0.15, 0.2) is 0 Å². The fourth-order valence-corrected chi connectivity index (χ4v) is 3.30. The highest BCUT2D eigenvalue weighted by Crippen LogP contribution is 2.36. The van der Waals surface area contributed by atoms with Crippen LogP contribution in [0.5, 0.6) is 5.75 Å². The molecule has 2 aliphatic carbocycles. The van der Waals surface area contributed by atoms with Gasteiger partial charge in [0.25, 0.3) is 0 Å².